The first-order chi connectivity index (χ1) is 14.1. The van der Waals surface area contributed by atoms with Crippen molar-refractivity contribution in [3.8, 4) is 11.3 Å². The first kappa shape index (κ1) is 19.9. The number of hydrogen-bond acceptors (Lipinski definition) is 3. The minimum atomic E-state index is -0.400. The number of aromatic nitrogens is 2. The third kappa shape index (κ3) is 4.46. The van der Waals surface area contributed by atoms with E-state index in [1.54, 1.807) is 0 Å². The Labute approximate surface area is 176 Å². The maximum absolute atomic E-state index is 12.8. The van der Waals surface area contributed by atoms with E-state index in [9.17, 15) is 4.79 Å². The molecule has 1 aliphatic heterocycles. The second-order valence-electron chi connectivity index (χ2n) is 7.69. The van der Waals surface area contributed by atoms with E-state index in [2.05, 4.69) is 10.2 Å². The van der Waals surface area contributed by atoms with Crippen molar-refractivity contribution >= 4 is 28.4 Å². The van der Waals surface area contributed by atoms with Crippen LogP contribution < -0.4 is 5.32 Å². The van der Waals surface area contributed by atoms with Crippen molar-refractivity contribution in [2.24, 2.45) is 0 Å². The number of carbonyl (C=O) groups excluding carboxylic acids is 1. The minimum absolute atomic E-state index is 0.00890. The maximum Gasteiger partial charge on any atom is 0.244 e. The van der Waals surface area contributed by atoms with Crippen LogP contribution in [-0.2, 0) is 4.79 Å². The molecule has 152 valence electrons. The van der Waals surface area contributed by atoms with Crippen molar-refractivity contribution in [3.63, 3.8) is 0 Å². The van der Waals surface area contributed by atoms with Gasteiger partial charge in [-0.3, -0.25) is 9.48 Å². The number of halogens is 1. The number of amides is 1. The van der Waals surface area contributed by atoms with Gasteiger partial charge in [0.1, 0.15) is 11.7 Å². The molecule has 1 fully saturated rings. The van der Waals surface area contributed by atoms with Crippen molar-refractivity contribution in [3.05, 3.63) is 53.6 Å². The molecular weight excluding hydrogens is 384 g/mol. The predicted molar refractivity (Wildman–Crippen MR) is 118 cm³/mol. The molecule has 0 radical (unpaired) electrons. The summed E-state index contributed by atoms with van der Waals surface area (Å²) in [6.07, 6.45) is 3.57. The normalized spacial score (nSPS) is 15.7. The van der Waals surface area contributed by atoms with Gasteiger partial charge in [-0.25, -0.2) is 0 Å². The van der Waals surface area contributed by atoms with Crippen molar-refractivity contribution in [2.75, 3.05) is 26.2 Å². The Hall–Kier alpha value is -2.37. The van der Waals surface area contributed by atoms with Crippen molar-refractivity contribution in [1.82, 2.24) is 20.0 Å². The van der Waals surface area contributed by atoms with E-state index < -0.39 is 6.04 Å². The van der Waals surface area contributed by atoms with Gasteiger partial charge in [-0.1, -0.05) is 41.9 Å². The van der Waals surface area contributed by atoms with Gasteiger partial charge in [-0.2, -0.15) is 5.10 Å². The summed E-state index contributed by atoms with van der Waals surface area (Å²) in [5, 5.41) is 9.50. The summed E-state index contributed by atoms with van der Waals surface area (Å²) >= 11 is 6.25. The van der Waals surface area contributed by atoms with Gasteiger partial charge in [0, 0.05) is 22.5 Å². The van der Waals surface area contributed by atoms with E-state index in [0.29, 0.717) is 11.6 Å². The van der Waals surface area contributed by atoms with Crippen LogP contribution in [0.3, 0.4) is 0 Å². The summed E-state index contributed by atoms with van der Waals surface area (Å²) in [5.41, 5.74) is 2.77. The first-order valence-corrected chi connectivity index (χ1v) is 10.7. The molecule has 0 spiro atoms. The highest BCUT2D eigenvalue weighted by molar-refractivity contribution is 6.31. The van der Waals surface area contributed by atoms with E-state index in [0.717, 1.165) is 35.1 Å². The van der Waals surface area contributed by atoms with Crippen LogP contribution in [-0.4, -0.2) is 46.8 Å². The lowest BCUT2D eigenvalue weighted by atomic mass is 10.1. The van der Waals surface area contributed by atoms with Crippen molar-refractivity contribution < 1.29 is 4.79 Å². The van der Waals surface area contributed by atoms with Gasteiger partial charge in [0.25, 0.3) is 0 Å². The quantitative estimate of drug-likeness (QED) is 0.582. The van der Waals surface area contributed by atoms with Gasteiger partial charge in [0.05, 0.1) is 5.52 Å². The molecule has 1 atom stereocenters. The molecule has 3 aromatic rings. The molecule has 6 heteroatoms. The maximum atomic E-state index is 12.8. The highest BCUT2D eigenvalue weighted by Crippen LogP contribution is 2.31. The van der Waals surface area contributed by atoms with Crippen LogP contribution >= 0.6 is 11.6 Å². The lowest BCUT2D eigenvalue weighted by Crippen LogP contribution is -2.33. The molecule has 1 aromatic heterocycles. The SMILES string of the molecule is C[C@@H](C(=O)NCCCN1CCCC1)n1nc(-c2ccccc2)c2cc(Cl)ccc21. The number of benzene rings is 2. The average molecular weight is 411 g/mol. The van der Waals surface area contributed by atoms with Gasteiger partial charge < -0.3 is 10.2 Å². The second-order valence-corrected chi connectivity index (χ2v) is 8.13. The lowest BCUT2D eigenvalue weighted by molar-refractivity contribution is -0.124. The number of nitrogens with zero attached hydrogens (tertiary/aromatic N) is 3. The fourth-order valence-corrected chi connectivity index (χ4v) is 4.17. The van der Waals surface area contributed by atoms with E-state index in [4.69, 9.17) is 16.7 Å². The third-order valence-electron chi connectivity index (χ3n) is 5.61. The standard InChI is InChI=1S/C23H27ClN4O/c1-17(23(29)25-12-7-15-27-13-5-6-14-27)28-21-11-10-19(24)16-20(21)22(26-28)18-8-3-2-4-9-18/h2-4,8-11,16-17H,5-7,12-15H2,1H3,(H,25,29)/t17-/m0/s1. The Bertz CT molecular complexity index is 979. The second kappa shape index (κ2) is 8.97. The van der Waals surface area contributed by atoms with Gasteiger partial charge >= 0.3 is 0 Å². The molecule has 1 amide bonds. The zero-order valence-corrected chi connectivity index (χ0v) is 17.5. The molecule has 0 aliphatic carbocycles. The third-order valence-corrected chi connectivity index (χ3v) is 5.85. The van der Waals surface area contributed by atoms with Crippen LogP contribution in [0.25, 0.3) is 22.2 Å². The number of rotatable bonds is 7. The van der Waals surface area contributed by atoms with E-state index in [1.165, 1.54) is 25.9 Å². The largest absolute Gasteiger partial charge is 0.354 e. The number of carbonyl (C=O) groups is 1. The summed E-state index contributed by atoms with van der Waals surface area (Å²) in [7, 11) is 0. The van der Waals surface area contributed by atoms with Crippen LogP contribution in [0, 0.1) is 0 Å². The topological polar surface area (TPSA) is 50.2 Å². The predicted octanol–water partition coefficient (Wildman–Crippen LogP) is 4.52. The number of hydrogen-bond donors (Lipinski definition) is 1. The molecule has 1 saturated heterocycles. The molecule has 1 N–H and O–H groups in total. The summed E-state index contributed by atoms with van der Waals surface area (Å²) in [6, 6.07) is 15.3. The van der Waals surface area contributed by atoms with Crippen LogP contribution in [0.5, 0.6) is 0 Å². The molecule has 0 bridgehead atoms. The Kier molecular flexibility index (Phi) is 6.16. The molecule has 0 saturated carbocycles. The van der Waals surface area contributed by atoms with Gasteiger partial charge in [-0.15, -0.1) is 0 Å². The van der Waals surface area contributed by atoms with Gasteiger partial charge in [-0.05, 0) is 64.0 Å². The Morgan fingerprint density at radius 2 is 1.93 bits per heavy atom. The number of likely N-dealkylation sites (tertiary alicyclic amines) is 1. The molecule has 2 heterocycles. The van der Waals surface area contributed by atoms with E-state index >= 15 is 0 Å². The molecule has 4 rings (SSSR count). The highest BCUT2D eigenvalue weighted by atomic mass is 35.5. The van der Waals surface area contributed by atoms with E-state index in [1.807, 2.05) is 60.1 Å². The first-order valence-electron chi connectivity index (χ1n) is 10.4. The zero-order chi connectivity index (χ0) is 20.2. The summed E-state index contributed by atoms with van der Waals surface area (Å²) < 4.78 is 1.81. The van der Waals surface area contributed by atoms with Crippen molar-refractivity contribution in [1.29, 1.82) is 0 Å². The van der Waals surface area contributed by atoms with Gasteiger partial charge in [0.15, 0.2) is 0 Å². The van der Waals surface area contributed by atoms with Gasteiger partial charge in [0.2, 0.25) is 5.91 Å². The molecule has 29 heavy (non-hydrogen) atoms. The fourth-order valence-electron chi connectivity index (χ4n) is 4.00. The molecule has 5 nitrogen and oxygen atoms in total. The summed E-state index contributed by atoms with van der Waals surface area (Å²) in [5.74, 6) is -0.00890. The van der Waals surface area contributed by atoms with Crippen LogP contribution in [0.1, 0.15) is 32.2 Å². The lowest BCUT2D eigenvalue weighted by Gasteiger charge is -2.16. The Balaban J connectivity index is 1.51. The molecule has 1 aliphatic rings. The fraction of sp³-hybridized carbons (Fsp3) is 0.391. The summed E-state index contributed by atoms with van der Waals surface area (Å²) in [6.45, 7) is 6.01. The Morgan fingerprint density at radius 1 is 1.17 bits per heavy atom. The highest BCUT2D eigenvalue weighted by Gasteiger charge is 2.21. The van der Waals surface area contributed by atoms with E-state index in [-0.39, 0.29) is 5.91 Å². The van der Waals surface area contributed by atoms with Crippen LogP contribution in [0.4, 0.5) is 0 Å². The van der Waals surface area contributed by atoms with Crippen LogP contribution in [0.2, 0.25) is 5.02 Å². The molecule has 0 unspecified atom stereocenters. The zero-order valence-electron chi connectivity index (χ0n) is 16.8. The Morgan fingerprint density at radius 3 is 2.69 bits per heavy atom. The smallest absolute Gasteiger partial charge is 0.244 e. The minimum Gasteiger partial charge on any atom is -0.354 e. The number of fused-ring (bicyclic) bond motifs is 1. The van der Waals surface area contributed by atoms with Crippen LogP contribution in [0.15, 0.2) is 48.5 Å². The molecular formula is C23H27ClN4O. The molecule has 2 aromatic carbocycles. The number of nitrogens with one attached hydrogen (secondary N) is 1. The van der Waals surface area contributed by atoms with Crippen molar-refractivity contribution in [2.45, 2.75) is 32.2 Å². The monoisotopic (exact) mass is 410 g/mol. The average Bonchev–Trinajstić information content (AvgIpc) is 3.39. The summed E-state index contributed by atoms with van der Waals surface area (Å²) in [4.78, 5) is 15.2.